The fraction of sp³-hybridized carbons (Fsp3) is 0.471. The van der Waals surface area contributed by atoms with Gasteiger partial charge in [0.05, 0.1) is 11.8 Å². The molecule has 5 heterocycles. The number of aryl methyl sites for hydroxylation is 1. The van der Waals surface area contributed by atoms with Gasteiger partial charge < -0.3 is 15.2 Å². The monoisotopic (exact) mass is 644 g/mol. The van der Waals surface area contributed by atoms with E-state index in [1.807, 2.05) is 6.21 Å². The van der Waals surface area contributed by atoms with Crippen molar-refractivity contribution in [3.8, 4) is 6.07 Å². The average molecular weight is 645 g/mol. The van der Waals surface area contributed by atoms with Crippen molar-refractivity contribution in [2.24, 2.45) is 10.4 Å². The van der Waals surface area contributed by atoms with Gasteiger partial charge >= 0.3 is 6.18 Å². The van der Waals surface area contributed by atoms with E-state index in [-0.39, 0.29) is 21.9 Å². The number of anilines is 1. The fourth-order valence-corrected chi connectivity index (χ4v) is 9.31. The summed E-state index contributed by atoms with van der Waals surface area (Å²) in [6.45, 7) is 5.68. The average Bonchev–Trinajstić information content (AvgIpc) is 3.72. The molecule has 4 aromatic rings. The standard InChI is InChI=1S/C34H35F3N8S/c1-21-22(15-44-9-6-23(7-10-44)42-30-27-12-25(13-34(35,36)37)46-31(27)41-20-40-30)4-5-28-26(21)11-24(14-38)45(28)19-32-16-33(17-32,18-32)43-29-3-2-8-39-29/h3-5,8,11-12,20,23,43H,2,6-7,9-10,13,15-19H2,1H3,(H,40,41,42). The minimum absolute atomic E-state index is 0.181. The number of thiophene rings is 1. The maximum absolute atomic E-state index is 12.9. The Morgan fingerprint density at radius 1 is 1.11 bits per heavy atom. The van der Waals surface area contributed by atoms with E-state index in [1.165, 1.54) is 17.5 Å². The topological polar surface area (TPSA) is 94.2 Å². The highest BCUT2D eigenvalue weighted by atomic mass is 32.1. The Hall–Kier alpha value is -3.95. The lowest BCUT2D eigenvalue weighted by Gasteiger charge is -2.71. The molecular formula is C34H35F3N8S. The van der Waals surface area contributed by atoms with Crippen LogP contribution in [0, 0.1) is 23.7 Å². The number of piperidine rings is 1. The molecule has 2 bridgehead atoms. The first-order valence-electron chi connectivity index (χ1n) is 15.9. The van der Waals surface area contributed by atoms with Gasteiger partial charge in [0.15, 0.2) is 0 Å². The number of nitrogens with one attached hydrogen (secondary N) is 2. The summed E-state index contributed by atoms with van der Waals surface area (Å²) in [5, 5.41) is 19.0. The van der Waals surface area contributed by atoms with Crippen molar-refractivity contribution in [3.05, 3.63) is 64.2 Å². The number of likely N-dealkylation sites (tertiary alicyclic amines) is 1. The number of alkyl halides is 3. The third kappa shape index (κ3) is 5.33. The number of aliphatic imine (C=N–C) groups is 1. The zero-order valence-corrected chi connectivity index (χ0v) is 26.4. The van der Waals surface area contributed by atoms with Crippen LogP contribution in [0.15, 0.2) is 47.5 Å². The molecule has 0 amide bonds. The molecule has 8 nitrogen and oxygen atoms in total. The molecule has 2 N–H and O–H groups in total. The molecule has 9 rings (SSSR count). The maximum atomic E-state index is 12.9. The van der Waals surface area contributed by atoms with E-state index in [0.29, 0.717) is 16.0 Å². The molecule has 5 aliphatic rings. The molecule has 238 valence electrons. The lowest BCUT2D eigenvalue weighted by molar-refractivity contribution is -0.158. The first-order chi connectivity index (χ1) is 22.1. The van der Waals surface area contributed by atoms with Gasteiger partial charge in [0, 0.05) is 66.2 Å². The third-order valence-corrected chi connectivity index (χ3v) is 11.4. The summed E-state index contributed by atoms with van der Waals surface area (Å²) in [4.78, 5) is 16.3. The van der Waals surface area contributed by atoms with Crippen LogP contribution in [0.4, 0.5) is 19.0 Å². The SMILES string of the molecule is Cc1c(CN2CCC(Nc3ncnc4sc(CC(F)(F)F)cc34)CC2)ccc2c1cc(C#N)n2CC12CC(NC3=CCC=N3)(C1)C2. The van der Waals surface area contributed by atoms with Crippen LogP contribution in [0.5, 0.6) is 0 Å². The second kappa shape index (κ2) is 10.8. The highest BCUT2D eigenvalue weighted by Crippen LogP contribution is 2.68. The molecule has 0 radical (unpaired) electrons. The van der Waals surface area contributed by atoms with Crippen LogP contribution in [-0.4, -0.2) is 56.5 Å². The second-order valence-corrected chi connectivity index (χ2v) is 14.8. The molecule has 3 aromatic heterocycles. The molecule has 1 aromatic carbocycles. The Morgan fingerprint density at radius 2 is 1.91 bits per heavy atom. The van der Waals surface area contributed by atoms with Crippen molar-refractivity contribution >= 4 is 44.5 Å². The van der Waals surface area contributed by atoms with Crippen LogP contribution in [0.2, 0.25) is 0 Å². The van der Waals surface area contributed by atoms with E-state index in [4.69, 9.17) is 0 Å². The summed E-state index contributed by atoms with van der Waals surface area (Å²) in [6.07, 6.45) is 6.38. The number of fused-ring (bicyclic) bond motifs is 2. The van der Waals surface area contributed by atoms with Gasteiger partial charge in [0.25, 0.3) is 0 Å². The van der Waals surface area contributed by atoms with E-state index in [0.717, 1.165) is 98.5 Å². The quantitative estimate of drug-likeness (QED) is 0.207. The number of halogens is 3. The summed E-state index contributed by atoms with van der Waals surface area (Å²) < 4.78 is 41.1. The van der Waals surface area contributed by atoms with Crippen LogP contribution >= 0.6 is 11.3 Å². The molecule has 1 saturated heterocycles. The Balaban J connectivity index is 0.906. The van der Waals surface area contributed by atoms with Gasteiger partial charge in [-0.05, 0) is 79.8 Å². The van der Waals surface area contributed by atoms with Crippen LogP contribution in [0.25, 0.3) is 21.1 Å². The van der Waals surface area contributed by atoms with E-state index < -0.39 is 12.6 Å². The number of allylic oxidation sites excluding steroid dienone is 1. The first kappa shape index (κ1) is 29.5. The van der Waals surface area contributed by atoms with Crippen molar-refractivity contribution < 1.29 is 13.2 Å². The van der Waals surface area contributed by atoms with Gasteiger partial charge in [0.1, 0.15) is 34.6 Å². The predicted octanol–water partition coefficient (Wildman–Crippen LogP) is 6.84. The molecule has 0 unspecified atom stereocenters. The van der Waals surface area contributed by atoms with Gasteiger partial charge in [-0.25, -0.2) is 15.0 Å². The van der Waals surface area contributed by atoms with Gasteiger partial charge in [-0.1, -0.05) is 6.07 Å². The predicted molar refractivity (Wildman–Crippen MR) is 174 cm³/mol. The van der Waals surface area contributed by atoms with Crippen LogP contribution in [0.3, 0.4) is 0 Å². The van der Waals surface area contributed by atoms with E-state index >= 15 is 0 Å². The van der Waals surface area contributed by atoms with Crippen molar-refractivity contribution in [2.75, 3.05) is 18.4 Å². The summed E-state index contributed by atoms with van der Waals surface area (Å²) in [7, 11) is 0. The first-order valence-corrected chi connectivity index (χ1v) is 16.7. The van der Waals surface area contributed by atoms with E-state index in [2.05, 4.69) is 72.3 Å². The molecule has 3 aliphatic carbocycles. The smallest absolute Gasteiger partial charge is 0.367 e. The van der Waals surface area contributed by atoms with Crippen molar-refractivity contribution in [1.82, 2.24) is 24.8 Å². The van der Waals surface area contributed by atoms with E-state index in [9.17, 15) is 18.4 Å². The zero-order valence-electron chi connectivity index (χ0n) is 25.6. The minimum atomic E-state index is -4.25. The summed E-state index contributed by atoms with van der Waals surface area (Å²) in [5.41, 5.74) is 4.80. The van der Waals surface area contributed by atoms with Crippen molar-refractivity contribution in [3.63, 3.8) is 0 Å². The molecule has 0 atom stereocenters. The molecule has 12 heteroatoms. The fourth-order valence-electron chi connectivity index (χ4n) is 8.29. The lowest BCUT2D eigenvalue weighted by Crippen LogP contribution is -2.74. The second-order valence-electron chi connectivity index (χ2n) is 13.7. The number of benzene rings is 1. The molecule has 2 aliphatic heterocycles. The molecule has 0 spiro atoms. The summed E-state index contributed by atoms with van der Waals surface area (Å²) >= 11 is 1.07. The van der Waals surface area contributed by atoms with Crippen LogP contribution in [0.1, 0.15) is 60.2 Å². The van der Waals surface area contributed by atoms with Gasteiger partial charge in [0.2, 0.25) is 0 Å². The molecule has 3 saturated carbocycles. The van der Waals surface area contributed by atoms with Gasteiger partial charge in [-0.2, -0.15) is 18.4 Å². The molecular weight excluding hydrogens is 609 g/mol. The Labute approximate surface area is 269 Å². The largest absolute Gasteiger partial charge is 0.393 e. The summed E-state index contributed by atoms with van der Waals surface area (Å²) in [5.74, 6) is 1.62. The van der Waals surface area contributed by atoms with Gasteiger partial charge in [-0.15, -0.1) is 11.3 Å². The number of nitriles is 1. The zero-order chi connectivity index (χ0) is 31.7. The van der Waals surface area contributed by atoms with Crippen molar-refractivity contribution in [2.45, 2.75) is 82.7 Å². The van der Waals surface area contributed by atoms with Crippen LogP contribution < -0.4 is 10.6 Å². The van der Waals surface area contributed by atoms with Gasteiger partial charge in [-0.3, -0.25) is 4.90 Å². The summed E-state index contributed by atoms with van der Waals surface area (Å²) in [6, 6.07) is 10.7. The minimum Gasteiger partial charge on any atom is -0.367 e. The normalized spacial score (nSPS) is 24.5. The van der Waals surface area contributed by atoms with Crippen LogP contribution in [-0.2, 0) is 19.5 Å². The van der Waals surface area contributed by atoms with E-state index in [1.54, 1.807) is 6.07 Å². The maximum Gasteiger partial charge on any atom is 0.393 e. The van der Waals surface area contributed by atoms with Crippen molar-refractivity contribution in [1.29, 1.82) is 5.26 Å². The number of hydrogen-bond acceptors (Lipinski definition) is 8. The highest BCUT2D eigenvalue weighted by molar-refractivity contribution is 7.18. The highest BCUT2D eigenvalue weighted by Gasteiger charge is 2.68. The Bertz CT molecular complexity index is 1920. The molecule has 4 fully saturated rings. The number of aromatic nitrogens is 3. The molecule has 46 heavy (non-hydrogen) atoms. The number of nitrogens with zero attached hydrogens (tertiary/aromatic N) is 6. The number of rotatable bonds is 9. The Morgan fingerprint density at radius 3 is 2.63 bits per heavy atom. The third-order valence-electron chi connectivity index (χ3n) is 10.3. The Kier molecular flexibility index (Phi) is 6.92. The lowest BCUT2D eigenvalue weighted by atomic mass is 9.39. The number of hydrogen-bond donors (Lipinski definition) is 2.